The standard InChI is InChI=1S/C24H26O4/c1-17-24(27-16-19-11-12-20-9-5-6-10-21(20)13-19)22(14-23(25)28-17)26-15-18-7-3-2-4-8-18/h2-13,17,22-25H,14-16H2,1H3/t17-,22-,23?,24-/m1/s1. The fourth-order valence-corrected chi connectivity index (χ4v) is 3.72. The van der Waals surface area contributed by atoms with E-state index in [0.29, 0.717) is 19.6 Å². The predicted octanol–water partition coefficient (Wildman–Crippen LogP) is 4.44. The second-order valence-electron chi connectivity index (χ2n) is 7.32. The van der Waals surface area contributed by atoms with Crippen molar-refractivity contribution in [2.45, 2.75) is 51.2 Å². The number of aliphatic hydroxyl groups is 1. The van der Waals surface area contributed by atoms with E-state index in [9.17, 15) is 5.11 Å². The lowest BCUT2D eigenvalue weighted by Gasteiger charge is -2.38. The first-order chi connectivity index (χ1) is 13.7. The Kier molecular flexibility index (Phi) is 6.03. The highest BCUT2D eigenvalue weighted by atomic mass is 16.6. The van der Waals surface area contributed by atoms with Gasteiger partial charge in [-0.25, -0.2) is 0 Å². The van der Waals surface area contributed by atoms with Crippen LogP contribution < -0.4 is 0 Å². The second-order valence-corrected chi connectivity index (χ2v) is 7.32. The summed E-state index contributed by atoms with van der Waals surface area (Å²) in [4.78, 5) is 0. The summed E-state index contributed by atoms with van der Waals surface area (Å²) >= 11 is 0. The first-order valence-electron chi connectivity index (χ1n) is 9.77. The van der Waals surface area contributed by atoms with Gasteiger partial charge in [0, 0.05) is 6.42 Å². The van der Waals surface area contributed by atoms with Gasteiger partial charge in [-0.05, 0) is 34.9 Å². The van der Waals surface area contributed by atoms with Crippen LogP contribution in [0.5, 0.6) is 0 Å². The van der Waals surface area contributed by atoms with Crippen molar-refractivity contribution in [1.82, 2.24) is 0 Å². The molecule has 1 N–H and O–H groups in total. The second kappa shape index (κ2) is 8.84. The topological polar surface area (TPSA) is 47.9 Å². The maximum Gasteiger partial charge on any atom is 0.157 e. The Bertz CT molecular complexity index is 895. The average Bonchev–Trinajstić information content (AvgIpc) is 2.72. The van der Waals surface area contributed by atoms with Crippen LogP contribution in [0.1, 0.15) is 24.5 Å². The van der Waals surface area contributed by atoms with E-state index in [1.54, 1.807) is 0 Å². The van der Waals surface area contributed by atoms with Crippen molar-refractivity contribution >= 4 is 10.8 Å². The molecule has 0 saturated carbocycles. The maximum atomic E-state index is 10.0. The van der Waals surface area contributed by atoms with Crippen LogP contribution in [-0.4, -0.2) is 29.7 Å². The molecule has 3 aromatic carbocycles. The van der Waals surface area contributed by atoms with Gasteiger partial charge in [-0.2, -0.15) is 0 Å². The Labute approximate surface area is 165 Å². The summed E-state index contributed by atoms with van der Waals surface area (Å²) in [5, 5.41) is 12.4. The van der Waals surface area contributed by atoms with Crippen LogP contribution >= 0.6 is 0 Å². The Morgan fingerprint density at radius 1 is 0.857 bits per heavy atom. The van der Waals surface area contributed by atoms with E-state index in [4.69, 9.17) is 14.2 Å². The normalized spacial score (nSPS) is 25.1. The molecule has 1 aliphatic rings. The van der Waals surface area contributed by atoms with Crippen molar-refractivity contribution in [3.05, 3.63) is 83.9 Å². The van der Waals surface area contributed by atoms with Gasteiger partial charge in [0.15, 0.2) is 6.29 Å². The Hall–Kier alpha value is -2.24. The molecule has 1 unspecified atom stereocenters. The van der Waals surface area contributed by atoms with Crippen molar-refractivity contribution in [2.24, 2.45) is 0 Å². The third-order valence-corrected chi connectivity index (χ3v) is 5.20. The lowest BCUT2D eigenvalue weighted by Crippen LogP contribution is -2.49. The van der Waals surface area contributed by atoms with E-state index >= 15 is 0 Å². The highest BCUT2D eigenvalue weighted by Gasteiger charge is 2.37. The van der Waals surface area contributed by atoms with Crippen LogP contribution in [0.4, 0.5) is 0 Å². The molecule has 0 radical (unpaired) electrons. The smallest absolute Gasteiger partial charge is 0.157 e. The molecule has 1 aliphatic heterocycles. The summed E-state index contributed by atoms with van der Waals surface area (Å²) < 4.78 is 17.9. The lowest BCUT2D eigenvalue weighted by atomic mass is 10.0. The third-order valence-electron chi connectivity index (χ3n) is 5.20. The van der Waals surface area contributed by atoms with E-state index in [1.165, 1.54) is 10.8 Å². The van der Waals surface area contributed by atoms with Crippen molar-refractivity contribution in [3.8, 4) is 0 Å². The number of fused-ring (bicyclic) bond motifs is 1. The molecule has 0 spiro atoms. The molecule has 1 heterocycles. The minimum Gasteiger partial charge on any atom is -0.371 e. The van der Waals surface area contributed by atoms with Crippen molar-refractivity contribution in [1.29, 1.82) is 0 Å². The van der Waals surface area contributed by atoms with Gasteiger partial charge >= 0.3 is 0 Å². The highest BCUT2D eigenvalue weighted by molar-refractivity contribution is 5.82. The first-order valence-corrected chi connectivity index (χ1v) is 9.77. The molecule has 4 nitrogen and oxygen atoms in total. The van der Waals surface area contributed by atoms with Gasteiger partial charge in [0.1, 0.15) is 6.10 Å². The van der Waals surface area contributed by atoms with Gasteiger partial charge in [0.2, 0.25) is 0 Å². The Morgan fingerprint density at radius 3 is 2.39 bits per heavy atom. The largest absolute Gasteiger partial charge is 0.371 e. The summed E-state index contributed by atoms with van der Waals surface area (Å²) in [6.45, 7) is 2.89. The zero-order chi connectivity index (χ0) is 19.3. The van der Waals surface area contributed by atoms with Gasteiger partial charge in [-0.15, -0.1) is 0 Å². The minimum absolute atomic E-state index is 0.223. The molecule has 0 amide bonds. The van der Waals surface area contributed by atoms with Crippen molar-refractivity contribution in [3.63, 3.8) is 0 Å². The van der Waals surface area contributed by atoms with Crippen LogP contribution in [-0.2, 0) is 27.4 Å². The van der Waals surface area contributed by atoms with E-state index in [2.05, 4.69) is 30.3 Å². The maximum absolute atomic E-state index is 10.0. The number of hydrogen-bond donors (Lipinski definition) is 1. The van der Waals surface area contributed by atoms with Crippen LogP contribution in [0.3, 0.4) is 0 Å². The van der Waals surface area contributed by atoms with Crippen LogP contribution in [0.25, 0.3) is 10.8 Å². The summed E-state index contributed by atoms with van der Waals surface area (Å²) in [6, 6.07) is 24.7. The Morgan fingerprint density at radius 2 is 1.57 bits per heavy atom. The molecule has 28 heavy (non-hydrogen) atoms. The first kappa shape index (κ1) is 19.1. The fourth-order valence-electron chi connectivity index (χ4n) is 3.72. The molecule has 1 saturated heterocycles. The predicted molar refractivity (Wildman–Crippen MR) is 109 cm³/mol. The van der Waals surface area contributed by atoms with E-state index in [-0.39, 0.29) is 18.3 Å². The summed E-state index contributed by atoms with van der Waals surface area (Å²) in [5.41, 5.74) is 2.21. The highest BCUT2D eigenvalue weighted by Crippen LogP contribution is 2.26. The lowest BCUT2D eigenvalue weighted by molar-refractivity contribution is -0.251. The number of rotatable bonds is 6. The zero-order valence-electron chi connectivity index (χ0n) is 16.0. The monoisotopic (exact) mass is 378 g/mol. The minimum atomic E-state index is -0.823. The van der Waals surface area contributed by atoms with Crippen molar-refractivity contribution < 1.29 is 19.3 Å². The summed E-state index contributed by atoms with van der Waals surface area (Å²) in [6.07, 6.45) is -1.13. The molecule has 4 atom stereocenters. The molecule has 146 valence electrons. The van der Waals surface area contributed by atoms with Crippen LogP contribution in [0, 0.1) is 0 Å². The molecular weight excluding hydrogens is 352 g/mol. The quantitative estimate of drug-likeness (QED) is 0.689. The SMILES string of the molecule is C[C@H]1OC(O)C[C@@H](OCc2ccccc2)[C@@H]1OCc1ccc2ccccc2c1. The molecule has 4 heteroatoms. The zero-order valence-corrected chi connectivity index (χ0v) is 16.0. The Balaban J connectivity index is 1.43. The van der Waals surface area contributed by atoms with E-state index in [0.717, 1.165) is 11.1 Å². The molecule has 0 bridgehead atoms. The van der Waals surface area contributed by atoms with Crippen LogP contribution in [0.15, 0.2) is 72.8 Å². The third kappa shape index (κ3) is 4.59. The van der Waals surface area contributed by atoms with Gasteiger partial charge in [-0.1, -0.05) is 66.7 Å². The fraction of sp³-hybridized carbons (Fsp3) is 0.333. The van der Waals surface area contributed by atoms with E-state index < -0.39 is 6.29 Å². The van der Waals surface area contributed by atoms with E-state index in [1.807, 2.05) is 49.4 Å². The molecular formula is C24H26O4. The molecule has 1 fully saturated rings. The van der Waals surface area contributed by atoms with Gasteiger partial charge in [-0.3, -0.25) is 0 Å². The van der Waals surface area contributed by atoms with Gasteiger partial charge in [0.25, 0.3) is 0 Å². The molecule has 4 rings (SSSR count). The summed E-state index contributed by atoms with van der Waals surface area (Å²) in [5.74, 6) is 0. The molecule has 3 aromatic rings. The summed E-state index contributed by atoms with van der Waals surface area (Å²) in [7, 11) is 0. The molecule has 0 aromatic heterocycles. The average molecular weight is 378 g/mol. The van der Waals surface area contributed by atoms with Crippen LogP contribution in [0.2, 0.25) is 0 Å². The van der Waals surface area contributed by atoms with Crippen molar-refractivity contribution in [2.75, 3.05) is 0 Å². The number of ether oxygens (including phenoxy) is 3. The van der Waals surface area contributed by atoms with Gasteiger partial charge in [0.05, 0.1) is 25.4 Å². The number of hydrogen-bond acceptors (Lipinski definition) is 4. The number of benzene rings is 3. The molecule has 0 aliphatic carbocycles. The van der Waals surface area contributed by atoms with Gasteiger partial charge < -0.3 is 19.3 Å². The number of aliphatic hydroxyl groups excluding tert-OH is 1.